The first-order chi connectivity index (χ1) is 14.5. The summed E-state index contributed by atoms with van der Waals surface area (Å²) in [5.74, 6) is 0.757. The second-order valence-electron chi connectivity index (χ2n) is 7.25. The highest BCUT2D eigenvalue weighted by atomic mass is 35.5. The van der Waals surface area contributed by atoms with Crippen molar-refractivity contribution in [3.63, 3.8) is 0 Å². The SMILES string of the molecule is Cc1ccc(N=Cc2c(OCc3ccc(Cl)cc3Cl)ccc3ccccc23)cc1C. The number of aryl methyl sites for hydroxylation is 2. The standard InChI is InChI=1S/C26H21Cl2NO/c1-17-7-11-22(13-18(17)2)29-15-24-23-6-4-3-5-19(23)9-12-26(24)30-16-20-8-10-21(27)14-25(20)28/h3-15H,16H2,1-2H3. The maximum atomic E-state index is 6.31. The van der Waals surface area contributed by atoms with Crippen molar-refractivity contribution in [2.75, 3.05) is 0 Å². The van der Waals surface area contributed by atoms with Gasteiger partial charge in [0.25, 0.3) is 0 Å². The van der Waals surface area contributed by atoms with Crippen molar-refractivity contribution in [2.45, 2.75) is 20.5 Å². The fraction of sp³-hybridized carbons (Fsp3) is 0.115. The van der Waals surface area contributed by atoms with Gasteiger partial charge < -0.3 is 4.74 Å². The fourth-order valence-corrected chi connectivity index (χ4v) is 3.74. The predicted octanol–water partition coefficient (Wildman–Crippen LogP) is 8.09. The van der Waals surface area contributed by atoms with Crippen molar-refractivity contribution in [1.29, 1.82) is 0 Å². The van der Waals surface area contributed by atoms with Crippen LogP contribution in [0.2, 0.25) is 10.0 Å². The minimum Gasteiger partial charge on any atom is -0.488 e. The molecule has 0 fully saturated rings. The van der Waals surface area contributed by atoms with Crippen LogP contribution in [-0.2, 0) is 6.61 Å². The van der Waals surface area contributed by atoms with E-state index in [-0.39, 0.29) is 0 Å². The van der Waals surface area contributed by atoms with E-state index in [0.717, 1.165) is 33.3 Å². The van der Waals surface area contributed by atoms with Crippen LogP contribution in [0.4, 0.5) is 5.69 Å². The van der Waals surface area contributed by atoms with Gasteiger partial charge in [-0.25, -0.2) is 0 Å². The lowest BCUT2D eigenvalue weighted by molar-refractivity contribution is 0.306. The Morgan fingerprint density at radius 3 is 2.50 bits per heavy atom. The van der Waals surface area contributed by atoms with Crippen molar-refractivity contribution in [1.82, 2.24) is 0 Å². The fourth-order valence-electron chi connectivity index (χ4n) is 3.27. The molecule has 0 heterocycles. The van der Waals surface area contributed by atoms with Crippen LogP contribution < -0.4 is 4.74 Å². The van der Waals surface area contributed by atoms with Gasteiger partial charge in [-0.2, -0.15) is 0 Å². The van der Waals surface area contributed by atoms with Crippen LogP contribution in [0.25, 0.3) is 10.8 Å². The molecule has 2 nitrogen and oxygen atoms in total. The van der Waals surface area contributed by atoms with Gasteiger partial charge in [-0.15, -0.1) is 0 Å². The molecule has 4 aromatic carbocycles. The van der Waals surface area contributed by atoms with Crippen LogP contribution in [-0.4, -0.2) is 6.21 Å². The van der Waals surface area contributed by atoms with E-state index in [9.17, 15) is 0 Å². The molecule has 0 saturated carbocycles. The van der Waals surface area contributed by atoms with Gasteiger partial charge in [-0.05, 0) is 66.1 Å². The zero-order valence-electron chi connectivity index (χ0n) is 16.8. The second kappa shape index (κ2) is 8.91. The Morgan fingerprint density at radius 1 is 0.867 bits per heavy atom. The monoisotopic (exact) mass is 433 g/mol. The number of fused-ring (bicyclic) bond motifs is 1. The molecule has 0 unspecified atom stereocenters. The molecule has 0 radical (unpaired) electrons. The molecule has 0 aliphatic carbocycles. The van der Waals surface area contributed by atoms with Crippen molar-refractivity contribution in [2.24, 2.45) is 4.99 Å². The number of nitrogens with zero attached hydrogens (tertiary/aromatic N) is 1. The number of hydrogen-bond donors (Lipinski definition) is 0. The van der Waals surface area contributed by atoms with Crippen molar-refractivity contribution in [3.8, 4) is 5.75 Å². The van der Waals surface area contributed by atoms with Gasteiger partial charge in [0.15, 0.2) is 0 Å². The smallest absolute Gasteiger partial charge is 0.129 e. The first-order valence-corrected chi connectivity index (χ1v) is 10.5. The quantitative estimate of drug-likeness (QED) is 0.291. The maximum Gasteiger partial charge on any atom is 0.129 e. The molecule has 0 atom stereocenters. The molecule has 0 amide bonds. The van der Waals surface area contributed by atoms with Gasteiger partial charge in [-0.3, -0.25) is 4.99 Å². The Morgan fingerprint density at radius 2 is 1.70 bits per heavy atom. The number of halogens is 2. The maximum absolute atomic E-state index is 6.31. The summed E-state index contributed by atoms with van der Waals surface area (Å²) in [6.45, 7) is 4.54. The highest BCUT2D eigenvalue weighted by Crippen LogP contribution is 2.29. The molecular formula is C26H21Cl2NO. The van der Waals surface area contributed by atoms with E-state index >= 15 is 0 Å². The third-order valence-electron chi connectivity index (χ3n) is 5.16. The van der Waals surface area contributed by atoms with E-state index in [1.165, 1.54) is 11.1 Å². The average molecular weight is 434 g/mol. The van der Waals surface area contributed by atoms with Gasteiger partial charge in [0.05, 0.1) is 5.69 Å². The number of ether oxygens (including phenoxy) is 1. The van der Waals surface area contributed by atoms with Crippen LogP contribution in [0.3, 0.4) is 0 Å². The van der Waals surface area contributed by atoms with Gasteiger partial charge in [0, 0.05) is 27.4 Å². The summed E-state index contributed by atoms with van der Waals surface area (Å²) in [6, 6.07) is 23.9. The zero-order chi connectivity index (χ0) is 21.1. The summed E-state index contributed by atoms with van der Waals surface area (Å²) in [5.41, 5.74) is 5.21. The molecule has 4 rings (SSSR count). The molecule has 0 N–H and O–H groups in total. The van der Waals surface area contributed by atoms with E-state index in [1.54, 1.807) is 6.07 Å². The summed E-state index contributed by atoms with van der Waals surface area (Å²) in [7, 11) is 0. The van der Waals surface area contributed by atoms with Crippen LogP contribution in [0.5, 0.6) is 5.75 Å². The number of hydrogen-bond acceptors (Lipinski definition) is 2. The van der Waals surface area contributed by atoms with E-state index in [1.807, 2.05) is 42.6 Å². The molecule has 0 saturated heterocycles. The van der Waals surface area contributed by atoms with Crippen LogP contribution >= 0.6 is 23.2 Å². The Labute approximate surface area is 186 Å². The minimum atomic E-state index is 0.346. The first kappa shape index (κ1) is 20.5. The lowest BCUT2D eigenvalue weighted by Gasteiger charge is -2.13. The summed E-state index contributed by atoms with van der Waals surface area (Å²) >= 11 is 12.3. The lowest BCUT2D eigenvalue weighted by atomic mass is 10.0. The van der Waals surface area contributed by atoms with Gasteiger partial charge in [0.1, 0.15) is 12.4 Å². The summed E-state index contributed by atoms with van der Waals surface area (Å²) in [6.07, 6.45) is 1.88. The van der Waals surface area contributed by atoms with E-state index in [2.05, 4.69) is 44.2 Å². The van der Waals surface area contributed by atoms with Crippen LogP contribution in [0.15, 0.2) is 77.8 Å². The van der Waals surface area contributed by atoms with Gasteiger partial charge >= 0.3 is 0 Å². The Bertz CT molecular complexity index is 1250. The largest absolute Gasteiger partial charge is 0.488 e. The Kier molecular flexibility index (Phi) is 6.08. The minimum absolute atomic E-state index is 0.346. The molecule has 30 heavy (non-hydrogen) atoms. The third-order valence-corrected chi connectivity index (χ3v) is 5.75. The molecular weight excluding hydrogens is 413 g/mol. The molecule has 0 aromatic heterocycles. The van der Waals surface area contributed by atoms with Crippen LogP contribution in [0.1, 0.15) is 22.3 Å². The van der Waals surface area contributed by atoms with Gasteiger partial charge in [0.2, 0.25) is 0 Å². The highest BCUT2D eigenvalue weighted by molar-refractivity contribution is 6.35. The van der Waals surface area contributed by atoms with Crippen molar-refractivity contribution < 1.29 is 4.74 Å². The third kappa shape index (κ3) is 4.51. The normalized spacial score (nSPS) is 11.3. The predicted molar refractivity (Wildman–Crippen MR) is 128 cm³/mol. The summed E-state index contributed by atoms with van der Waals surface area (Å²) in [5, 5.41) is 3.42. The van der Waals surface area contributed by atoms with Gasteiger partial charge in [-0.1, -0.05) is 65.7 Å². The first-order valence-electron chi connectivity index (χ1n) is 9.71. The molecule has 0 aliphatic heterocycles. The zero-order valence-corrected chi connectivity index (χ0v) is 18.3. The highest BCUT2D eigenvalue weighted by Gasteiger charge is 2.09. The molecule has 150 valence electrons. The number of rotatable bonds is 5. The molecule has 4 aromatic rings. The second-order valence-corrected chi connectivity index (χ2v) is 8.09. The van der Waals surface area contributed by atoms with Crippen molar-refractivity contribution >= 4 is 45.9 Å². The summed E-state index contributed by atoms with van der Waals surface area (Å²) < 4.78 is 6.16. The summed E-state index contributed by atoms with van der Waals surface area (Å²) in [4.78, 5) is 4.72. The van der Waals surface area contributed by atoms with Crippen LogP contribution in [0, 0.1) is 13.8 Å². The molecule has 4 heteroatoms. The van der Waals surface area contributed by atoms with E-state index < -0.39 is 0 Å². The van der Waals surface area contributed by atoms with Crippen molar-refractivity contribution in [3.05, 3.63) is 105 Å². The Balaban J connectivity index is 1.70. The lowest BCUT2D eigenvalue weighted by Crippen LogP contribution is -2.00. The Hall–Kier alpha value is -2.81. The average Bonchev–Trinajstić information content (AvgIpc) is 2.74. The topological polar surface area (TPSA) is 21.6 Å². The molecule has 0 aliphatic rings. The van der Waals surface area contributed by atoms with E-state index in [4.69, 9.17) is 32.9 Å². The molecule has 0 spiro atoms. The number of aliphatic imine (C=N–C) groups is 1. The number of benzene rings is 4. The molecule has 0 bridgehead atoms. The van der Waals surface area contributed by atoms with E-state index in [0.29, 0.717) is 16.7 Å².